The highest BCUT2D eigenvalue weighted by Gasteiger charge is 2.33. The number of carbonyl (C=O) groups excluding carboxylic acids is 1. The summed E-state index contributed by atoms with van der Waals surface area (Å²) in [5.74, 6) is 0.873. The summed E-state index contributed by atoms with van der Waals surface area (Å²) >= 11 is 9.35. The van der Waals surface area contributed by atoms with Crippen molar-refractivity contribution in [3.8, 4) is 0 Å². The lowest BCUT2D eigenvalue weighted by atomic mass is 10.1. The standard InChI is InChI=1S/C15H21ClN2OS2/c16-13-6-5-12(21-13)15-18(14(19)11-20-15)10-4-9-17-7-2-1-3-8-17/h5-6,15H,1-4,7-11H2. The van der Waals surface area contributed by atoms with Gasteiger partial charge in [-0.05, 0) is 51.0 Å². The normalized spacial score (nSPS) is 24.0. The van der Waals surface area contributed by atoms with Crippen molar-refractivity contribution in [1.29, 1.82) is 0 Å². The lowest BCUT2D eigenvalue weighted by molar-refractivity contribution is -0.128. The minimum atomic E-state index is 0.177. The van der Waals surface area contributed by atoms with E-state index in [1.54, 1.807) is 23.1 Å². The number of rotatable bonds is 5. The fraction of sp³-hybridized carbons (Fsp3) is 0.667. The highest BCUT2D eigenvalue weighted by molar-refractivity contribution is 8.00. The van der Waals surface area contributed by atoms with Crippen LogP contribution >= 0.6 is 34.7 Å². The zero-order valence-corrected chi connectivity index (χ0v) is 14.5. The molecule has 1 atom stereocenters. The highest BCUT2D eigenvalue weighted by atomic mass is 35.5. The van der Waals surface area contributed by atoms with Crippen LogP contribution in [0, 0.1) is 0 Å². The maximum Gasteiger partial charge on any atom is 0.233 e. The Labute approximate surface area is 139 Å². The van der Waals surface area contributed by atoms with E-state index < -0.39 is 0 Å². The molecule has 1 unspecified atom stereocenters. The molecule has 3 rings (SSSR count). The maximum atomic E-state index is 12.1. The predicted octanol–water partition coefficient (Wildman–Crippen LogP) is 3.85. The van der Waals surface area contributed by atoms with Crippen LogP contribution in [0.3, 0.4) is 0 Å². The average Bonchev–Trinajstić information content (AvgIpc) is 3.07. The summed E-state index contributed by atoms with van der Waals surface area (Å²) in [6.45, 7) is 4.44. The quantitative estimate of drug-likeness (QED) is 0.810. The monoisotopic (exact) mass is 344 g/mol. The predicted molar refractivity (Wildman–Crippen MR) is 91.1 cm³/mol. The molecule has 1 amide bonds. The molecule has 0 aliphatic carbocycles. The second-order valence-corrected chi connectivity index (χ2v) is 8.46. The zero-order valence-electron chi connectivity index (χ0n) is 12.1. The Hall–Kier alpha value is -0.230. The average molecular weight is 345 g/mol. The summed E-state index contributed by atoms with van der Waals surface area (Å²) in [5.41, 5.74) is 0. The SMILES string of the molecule is O=C1CSC(c2ccc(Cl)s2)N1CCCN1CCCCC1. The number of amides is 1. The van der Waals surface area contributed by atoms with Crippen molar-refractivity contribution in [3.63, 3.8) is 0 Å². The van der Waals surface area contributed by atoms with E-state index in [0.29, 0.717) is 5.75 Å². The Morgan fingerprint density at radius 1 is 1.19 bits per heavy atom. The minimum absolute atomic E-state index is 0.177. The topological polar surface area (TPSA) is 23.6 Å². The van der Waals surface area contributed by atoms with E-state index in [0.717, 1.165) is 23.8 Å². The van der Waals surface area contributed by atoms with Gasteiger partial charge in [0.2, 0.25) is 5.91 Å². The van der Waals surface area contributed by atoms with E-state index in [4.69, 9.17) is 11.6 Å². The van der Waals surface area contributed by atoms with Crippen molar-refractivity contribution < 1.29 is 4.79 Å². The molecule has 3 heterocycles. The number of nitrogens with zero attached hydrogens (tertiary/aromatic N) is 2. The second-order valence-electron chi connectivity index (χ2n) is 5.65. The first-order valence-corrected chi connectivity index (χ1v) is 9.87. The zero-order chi connectivity index (χ0) is 14.7. The summed E-state index contributed by atoms with van der Waals surface area (Å²) in [6, 6.07) is 3.98. The first kappa shape index (κ1) is 15.7. The number of carbonyl (C=O) groups is 1. The minimum Gasteiger partial charge on any atom is -0.325 e. The van der Waals surface area contributed by atoms with Gasteiger partial charge in [-0.15, -0.1) is 23.1 Å². The lowest BCUT2D eigenvalue weighted by Gasteiger charge is -2.28. The van der Waals surface area contributed by atoms with Crippen LogP contribution in [-0.4, -0.2) is 47.6 Å². The fourth-order valence-electron chi connectivity index (χ4n) is 3.04. The Balaban J connectivity index is 1.53. The number of hydrogen-bond donors (Lipinski definition) is 0. The molecule has 0 aromatic carbocycles. The van der Waals surface area contributed by atoms with Gasteiger partial charge >= 0.3 is 0 Å². The molecule has 2 aliphatic heterocycles. The largest absolute Gasteiger partial charge is 0.325 e. The highest BCUT2D eigenvalue weighted by Crippen LogP contribution is 2.42. The summed E-state index contributed by atoms with van der Waals surface area (Å²) in [4.78, 5) is 17.9. The number of thioether (sulfide) groups is 1. The smallest absolute Gasteiger partial charge is 0.233 e. The van der Waals surface area contributed by atoms with Crippen LogP contribution in [0.25, 0.3) is 0 Å². The van der Waals surface area contributed by atoms with Gasteiger partial charge < -0.3 is 9.80 Å². The molecule has 0 radical (unpaired) electrons. The number of likely N-dealkylation sites (tertiary alicyclic amines) is 1. The molecule has 116 valence electrons. The Morgan fingerprint density at radius 3 is 2.71 bits per heavy atom. The Kier molecular flexibility index (Phi) is 5.49. The van der Waals surface area contributed by atoms with Crippen LogP contribution in [0.4, 0.5) is 0 Å². The van der Waals surface area contributed by atoms with Crippen molar-refractivity contribution in [3.05, 3.63) is 21.3 Å². The van der Waals surface area contributed by atoms with E-state index in [-0.39, 0.29) is 11.3 Å². The van der Waals surface area contributed by atoms with Crippen molar-refractivity contribution >= 4 is 40.6 Å². The van der Waals surface area contributed by atoms with Gasteiger partial charge in [0.25, 0.3) is 0 Å². The molecule has 21 heavy (non-hydrogen) atoms. The summed E-state index contributed by atoms with van der Waals surface area (Å²) < 4.78 is 0.804. The Morgan fingerprint density at radius 2 is 2.00 bits per heavy atom. The molecule has 1 aromatic rings. The van der Waals surface area contributed by atoms with Crippen molar-refractivity contribution in [2.45, 2.75) is 31.1 Å². The Bertz CT molecular complexity index is 488. The first-order valence-electron chi connectivity index (χ1n) is 7.63. The van der Waals surface area contributed by atoms with Gasteiger partial charge in [-0.3, -0.25) is 4.79 Å². The fourth-order valence-corrected chi connectivity index (χ4v) is 5.56. The van der Waals surface area contributed by atoms with Gasteiger partial charge in [-0.25, -0.2) is 0 Å². The molecular weight excluding hydrogens is 324 g/mol. The third-order valence-corrected chi connectivity index (χ3v) is 6.80. The molecule has 3 nitrogen and oxygen atoms in total. The van der Waals surface area contributed by atoms with E-state index in [9.17, 15) is 4.79 Å². The van der Waals surface area contributed by atoms with E-state index >= 15 is 0 Å². The molecule has 2 saturated heterocycles. The maximum absolute atomic E-state index is 12.1. The summed E-state index contributed by atoms with van der Waals surface area (Å²) in [6.07, 6.45) is 5.10. The van der Waals surface area contributed by atoms with Gasteiger partial charge in [0.15, 0.2) is 0 Å². The van der Waals surface area contributed by atoms with Gasteiger partial charge in [-0.1, -0.05) is 18.0 Å². The van der Waals surface area contributed by atoms with Crippen LogP contribution in [0.2, 0.25) is 4.34 Å². The summed E-state index contributed by atoms with van der Waals surface area (Å²) in [5, 5.41) is 0.177. The summed E-state index contributed by atoms with van der Waals surface area (Å²) in [7, 11) is 0. The van der Waals surface area contributed by atoms with Gasteiger partial charge in [0.05, 0.1) is 10.1 Å². The van der Waals surface area contributed by atoms with Crippen LogP contribution in [0.15, 0.2) is 12.1 Å². The molecule has 0 saturated carbocycles. The van der Waals surface area contributed by atoms with Crippen LogP contribution < -0.4 is 0 Å². The molecule has 1 aromatic heterocycles. The van der Waals surface area contributed by atoms with Crippen molar-refractivity contribution in [1.82, 2.24) is 9.80 Å². The molecule has 0 N–H and O–H groups in total. The van der Waals surface area contributed by atoms with E-state index in [2.05, 4.69) is 11.0 Å². The molecule has 2 fully saturated rings. The molecule has 2 aliphatic rings. The number of hydrogen-bond acceptors (Lipinski definition) is 4. The van der Waals surface area contributed by atoms with Crippen LogP contribution in [-0.2, 0) is 4.79 Å². The second kappa shape index (κ2) is 7.36. The van der Waals surface area contributed by atoms with Crippen molar-refractivity contribution in [2.24, 2.45) is 0 Å². The first-order chi connectivity index (χ1) is 10.2. The van der Waals surface area contributed by atoms with E-state index in [1.807, 2.05) is 11.0 Å². The molecule has 0 spiro atoms. The van der Waals surface area contributed by atoms with Crippen molar-refractivity contribution in [2.75, 3.05) is 31.9 Å². The van der Waals surface area contributed by atoms with Gasteiger partial charge in [-0.2, -0.15) is 0 Å². The lowest BCUT2D eigenvalue weighted by Crippen LogP contribution is -2.34. The van der Waals surface area contributed by atoms with Gasteiger partial charge in [0.1, 0.15) is 5.37 Å². The van der Waals surface area contributed by atoms with E-state index in [1.165, 1.54) is 37.2 Å². The van der Waals surface area contributed by atoms with Crippen LogP contribution in [0.5, 0.6) is 0 Å². The third-order valence-electron chi connectivity index (χ3n) is 4.13. The van der Waals surface area contributed by atoms with Crippen LogP contribution in [0.1, 0.15) is 35.9 Å². The molecule has 0 bridgehead atoms. The number of halogens is 1. The number of thiophene rings is 1. The molecular formula is C15H21ClN2OS2. The van der Waals surface area contributed by atoms with Gasteiger partial charge in [0, 0.05) is 11.4 Å². The third kappa shape index (κ3) is 3.95. The molecule has 6 heteroatoms. The number of piperidine rings is 1.